The second-order valence-electron chi connectivity index (χ2n) is 6.11. The van der Waals surface area contributed by atoms with Crippen LogP contribution in [0.1, 0.15) is 39.7 Å². The molecule has 0 saturated heterocycles. The van der Waals surface area contributed by atoms with Crippen LogP contribution < -0.4 is 5.32 Å². The summed E-state index contributed by atoms with van der Waals surface area (Å²) < 4.78 is 13.4. The second-order valence-corrected chi connectivity index (χ2v) is 6.11. The van der Waals surface area contributed by atoms with E-state index in [1.807, 2.05) is 0 Å². The Morgan fingerprint density at radius 1 is 1.40 bits per heavy atom. The molecule has 0 aromatic heterocycles. The van der Waals surface area contributed by atoms with Gasteiger partial charge in [-0.2, -0.15) is 0 Å². The van der Waals surface area contributed by atoms with E-state index < -0.39 is 10.7 Å². The molecule has 0 saturated carbocycles. The fraction of sp³-hybridized carbons (Fsp3) is 0.600. The van der Waals surface area contributed by atoms with Gasteiger partial charge < -0.3 is 5.32 Å². The van der Waals surface area contributed by atoms with Crippen molar-refractivity contribution in [2.45, 2.75) is 46.6 Å². The first-order valence-corrected chi connectivity index (χ1v) is 6.92. The number of nitro benzene ring substituents is 1. The fourth-order valence-electron chi connectivity index (χ4n) is 2.12. The molecule has 0 spiro atoms. The molecule has 1 aromatic carbocycles. The molecule has 112 valence electrons. The number of nitrogens with zero attached hydrogens (tertiary/aromatic N) is 1. The normalized spacial score (nSPS) is 13.2. The van der Waals surface area contributed by atoms with Crippen LogP contribution in [0.2, 0.25) is 0 Å². The molecule has 1 atom stereocenters. The summed E-state index contributed by atoms with van der Waals surface area (Å²) in [7, 11) is 0. The van der Waals surface area contributed by atoms with Gasteiger partial charge in [0.15, 0.2) is 0 Å². The van der Waals surface area contributed by atoms with Gasteiger partial charge in [0.1, 0.15) is 5.82 Å². The Labute approximate surface area is 119 Å². The Morgan fingerprint density at radius 2 is 2.05 bits per heavy atom. The van der Waals surface area contributed by atoms with Crippen molar-refractivity contribution in [1.29, 1.82) is 0 Å². The molecule has 0 aliphatic heterocycles. The van der Waals surface area contributed by atoms with Crippen molar-refractivity contribution in [3.63, 3.8) is 0 Å². The number of halogens is 1. The van der Waals surface area contributed by atoms with Crippen LogP contribution in [0.5, 0.6) is 0 Å². The monoisotopic (exact) mass is 282 g/mol. The van der Waals surface area contributed by atoms with Gasteiger partial charge in [-0.1, -0.05) is 27.7 Å². The first kappa shape index (κ1) is 16.6. The lowest BCUT2D eigenvalue weighted by atomic mass is 9.82. The average Bonchev–Trinajstić information content (AvgIpc) is 2.32. The third-order valence-electron chi connectivity index (χ3n) is 3.35. The van der Waals surface area contributed by atoms with Crippen LogP contribution in [0.3, 0.4) is 0 Å². The number of hydrogen-bond donors (Lipinski definition) is 1. The van der Waals surface area contributed by atoms with E-state index in [9.17, 15) is 14.5 Å². The van der Waals surface area contributed by atoms with E-state index in [0.29, 0.717) is 12.0 Å². The Hall–Kier alpha value is -1.49. The third-order valence-corrected chi connectivity index (χ3v) is 3.35. The maximum Gasteiger partial charge on any atom is 0.272 e. The van der Waals surface area contributed by atoms with Crippen molar-refractivity contribution in [3.05, 3.63) is 39.7 Å². The highest BCUT2D eigenvalue weighted by Crippen LogP contribution is 2.27. The molecule has 5 heteroatoms. The molecule has 1 aromatic rings. The van der Waals surface area contributed by atoms with Crippen LogP contribution in [0.4, 0.5) is 10.1 Å². The standard InChI is InChI=1S/C15H23FN2O2/c1-5-8-17-14(15(2,3)4)10-11-9-12(16)6-7-13(11)18(19)20/h6-7,9,14,17H,5,8,10H2,1-4H3. The molecule has 0 radical (unpaired) electrons. The molecule has 0 bridgehead atoms. The van der Waals surface area contributed by atoms with Crippen molar-refractivity contribution in [3.8, 4) is 0 Å². The van der Waals surface area contributed by atoms with Crippen LogP contribution in [0.25, 0.3) is 0 Å². The molecule has 0 aliphatic carbocycles. The number of benzene rings is 1. The van der Waals surface area contributed by atoms with Gasteiger partial charge in [0.2, 0.25) is 0 Å². The van der Waals surface area contributed by atoms with Crippen LogP contribution in [0.15, 0.2) is 18.2 Å². The predicted molar refractivity (Wildman–Crippen MR) is 78.3 cm³/mol. The maximum atomic E-state index is 13.4. The molecular weight excluding hydrogens is 259 g/mol. The summed E-state index contributed by atoms with van der Waals surface area (Å²) in [6.07, 6.45) is 1.43. The molecule has 0 amide bonds. The maximum absolute atomic E-state index is 13.4. The number of nitro groups is 1. The zero-order valence-corrected chi connectivity index (χ0v) is 12.6. The second kappa shape index (κ2) is 6.79. The van der Waals surface area contributed by atoms with Crippen LogP contribution in [0, 0.1) is 21.3 Å². The summed E-state index contributed by atoms with van der Waals surface area (Å²) in [5.74, 6) is -0.436. The van der Waals surface area contributed by atoms with Gasteiger partial charge in [-0.15, -0.1) is 0 Å². The van der Waals surface area contributed by atoms with Gasteiger partial charge in [0.25, 0.3) is 5.69 Å². The van der Waals surface area contributed by atoms with Gasteiger partial charge in [-0.05, 0) is 36.9 Å². The van der Waals surface area contributed by atoms with E-state index in [1.54, 1.807) is 0 Å². The molecule has 0 heterocycles. The summed E-state index contributed by atoms with van der Waals surface area (Å²) >= 11 is 0. The topological polar surface area (TPSA) is 55.2 Å². The summed E-state index contributed by atoms with van der Waals surface area (Å²) in [4.78, 5) is 10.6. The molecular formula is C15H23FN2O2. The summed E-state index contributed by atoms with van der Waals surface area (Å²) in [5, 5.41) is 14.4. The lowest BCUT2D eigenvalue weighted by Gasteiger charge is -2.31. The van der Waals surface area contributed by atoms with E-state index in [4.69, 9.17) is 0 Å². The quantitative estimate of drug-likeness (QED) is 0.639. The summed E-state index contributed by atoms with van der Waals surface area (Å²) in [6.45, 7) is 9.13. The number of hydrogen-bond acceptors (Lipinski definition) is 3. The van der Waals surface area contributed by atoms with Crippen LogP contribution in [-0.2, 0) is 6.42 Å². The summed E-state index contributed by atoms with van der Waals surface area (Å²) in [5.41, 5.74) is 0.368. The van der Waals surface area contributed by atoms with Crippen LogP contribution in [-0.4, -0.2) is 17.5 Å². The Bertz CT molecular complexity index is 469. The van der Waals surface area contributed by atoms with Crippen molar-refractivity contribution >= 4 is 5.69 Å². The van der Waals surface area contributed by atoms with E-state index in [1.165, 1.54) is 12.1 Å². The smallest absolute Gasteiger partial charge is 0.272 e. The molecule has 1 N–H and O–H groups in total. The van der Waals surface area contributed by atoms with E-state index >= 15 is 0 Å². The minimum Gasteiger partial charge on any atom is -0.313 e. The van der Waals surface area contributed by atoms with Gasteiger partial charge in [-0.25, -0.2) is 4.39 Å². The van der Waals surface area contributed by atoms with Gasteiger partial charge in [0, 0.05) is 17.7 Å². The van der Waals surface area contributed by atoms with Gasteiger partial charge in [-0.3, -0.25) is 10.1 Å². The van der Waals surface area contributed by atoms with E-state index in [0.717, 1.165) is 19.0 Å². The number of rotatable bonds is 6. The van der Waals surface area contributed by atoms with E-state index in [-0.39, 0.29) is 17.1 Å². The Morgan fingerprint density at radius 3 is 2.55 bits per heavy atom. The first-order valence-electron chi connectivity index (χ1n) is 6.92. The SMILES string of the molecule is CCCNC(Cc1cc(F)ccc1[N+](=O)[O-])C(C)(C)C. The average molecular weight is 282 g/mol. The lowest BCUT2D eigenvalue weighted by Crippen LogP contribution is -2.42. The Balaban J connectivity index is 3.03. The fourth-order valence-corrected chi connectivity index (χ4v) is 2.12. The van der Waals surface area contributed by atoms with Gasteiger partial charge in [0.05, 0.1) is 4.92 Å². The van der Waals surface area contributed by atoms with Gasteiger partial charge >= 0.3 is 0 Å². The Kier molecular flexibility index (Phi) is 5.62. The molecule has 0 fully saturated rings. The largest absolute Gasteiger partial charge is 0.313 e. The minimum atomic E-state index is -0.450. The van der Waals surface area contributed by atoms with Crippen molar-refractivity contribution in [1.82, 2.24) is 5.32 Å². The molecule has 4 nitrogen and oxygen atoms in total. The van der Waals surface area contributed by atoms with E-state index in [2.05, 4.69) is 33.0 Å². The first-order chi connectivity index (χ1) is 9.25. The van der Waals surface area contributed by atoms with Crippen molar-refractivity contribution < 1.29 is 9.31 Å². The van der Waals surface area contributed by atoms with Crippen molar-refractivity contribution in [2.75, 3.05) is 6.54 Å². The molecule has 20 heavy (non-hydrogen) atoms. The lowest BCUT2D eigenvalue weighted by molar-refractivity contribution is -0.385. The molecule has 0 aliphatic rings. The zero-order chi connectivity index (χ0) is 15.3. The highest BCUT2D eigenvalue weighted by molar-refractivity contribution is 5.41. The molecule has 1 unspecified atom stereocenters. The van der Waals surface area contributed by atoms with Crippen molar-refractivity contribution in [2.24, 2.45) is 5.41 Å². The minimum absolute atomic E-state index is 0.0149. The highest BCUT2D eigenvalue weighted by atomic mass is 19.1. The highest BCUT2D eigenvalue weighted by Gasteiger charge is 2.27. The summed E-state index contributed by atoms with van der Waals surface area (Å²) in [6, 6.07) is 3.70. The third kappa shape index (κ3) is 4.56. The predicted octanol–water partition coefficient (Wildman–Crippen LogP) is 3.69. The number of nitrogens with one attached hydrogen (secondary N) is 1. The van der Waals surface area contributed by atoms with Crippen LogP contribution >= 0.6 is 0 Å². The zero-order valence-electron chi connectivity index (χ0n) is 12.6. The molecule has 1 rings (SSSR count).